The number of carboxylic acid groups (broad SMARTS) is 1. The first kappa shape index (κ1) is 77.3. The Hall–Kier alpha value is -10.7. The molecule has 0 aliphatic heterocycles. The van der Waals surface area contributed by atoms with Gasteiger partial charge in [-0.1, -0.05) is 109 Å². The standard InChI is InChI=1S/C68H99N21O10/c1-7-37(5)55(64(97)89-56(38(6)8-2)63(96)87-54(36(3)4)65(98)99)88-62(95)53(32-41-35-81-48-24-14-11-20-44(41)48)86-61(94)52(31-40-34-80-47-23-13-10-19-43(40)47)85-60(93)51(30-39-33-79-46-22-12-9-18-42(39)46)84-59(92)50(26-17-29-78-68(74)75)83-58(91)49(25-16-28-77-67(72)73)82-57(90)45(69)21-15-27-76-66(70)71/h9-14,18-20,22-24,33-38,45,49-56,79-81H,7-8,15-17,21,25-32,69H2,1-6H3,(H,82,90)(H,83,91)(H,84,92)(H,85,93)(H,86,94)(H,87,96)(H,88,95)(H,89,97)(H,98,99)(H4,70,71,76)(H4,72,73,77)(H4,74,75,78)/t37-,38-,45-,49-,50-,51-,52-,53-,54-,55-,56-/m0/s1. The van der Waals surface area contributed by atoms with Crippen molar-refractivity contribution in [3.05, 3.63) is 108 Å². The number of hydrogen-bond acceptors (Lipinski definition) is 13. The minimum absolute atomic E-state index is 0.0174. The van der Waals surface area contributed by atoms with Gasteiger partial charge in [0.15, 0.2) is 17.9 Å². The maximum atomic E-state index is 15.6. The molecule has 0 bridgehead atoms. The van der Waals surface area contributed by atoms with Gasteiger partial charge in [0.2, 0.25) is 47.3 Å². The number of nitrogens with two attached hydrogens (primary N) is 7. The minimum atomic E-state index is -1.50. The van der Waals surface area contributed by atoms with Crippen LogP contribution in [0.2, 0.25) is 0 Å². The molecule has 0 saturated heterocycles. The highest BCUT2D eigenvalue weighted by molar-refractivity contribution is 6.00. The molecular formula is C68H99N21O10. The molecule has 0 fully saturated rings. The zero-order valence-electron chi connectivity index (χ0n) is 57.0. The third-order valence-electron chi connectivity index (χ3n) is 17.5. The lowest BCUT2D eigenvalue weighted by molar-refractivity contribution is -0.144. The largest absolute Gasteiger partial charge is 0.480 e. The van der Waals surface area contributed by atoms with Crippen LogP contribution in [0.5, 0.6) is 0 Å². The minimum Gasteiger partial charge on any atom is -0.480 e. The van der Waals surface area contributed by atoms with Crippen molar-refractivity contribution in [3.63, 3.8) is 0 Å². The number of amides is 8. The first-order valence-electron chi connectivity index (χ1n) is 33.4. The molecule has 0 spiro atoms. The number of nitrogens with zero attached hydrogens (tertiary/aromatic N) is 3. The third kappa shape index (κ3) is 23.0. The Bertz CT molecular complexity index is 3830. The lowest BCUT2D eigenvalue weighted by atomic mass is 9.93. The van der Waals surface area contributed by atoms with E-state index in [0.717, 1.165) is 10.9 Å². The van der Waals surface area contributed by atoms with Crippen molar-refractivity contribution in [1.82, 2.24) is 57.5 Å². The maximum Gasteiger partial charge on any atom is 0.326 e. The number of para-hydroxylation sites is 3. The second-order valence-corrected chi connectivity index (χ2v) is 25.3. The fourth-order valence-electron chi connectivity index (χ4n) is 11.4. The van der Waals surface area contributed by atoms with Crippen molar-refractivity contribution in [1.29, 1.82) is 0 Å². The van der Waals surface area contributed by atoms with Crippen LogP contribution in [0.15, 0.2) is 106 Å². The Labute approximate surface area is 574 Å². The Morgan fingerprint density at radius 1 is 0.404 bits per heavy atom. The predicted octanol–water partition coefficient (Wildman–Crippen LogP) is 0.358. The number of hydrogen-bond donors (Lipinski definition) is 19. The van der Waals surface area contributed by atoms with E-state index in [-0.39, 0.29) is 88.9 Å². The number of aliphatic imine (C=N–C) groups is 3. The number of carbonyl (C=O) groups excluding carboxylic acids is 8. The van der Waals surface area contributed by atoms with E-state index in [4.69, 9.17) is 40.1 Å². The zero-order chi connectivity index (χ0) is 72.5. The van der Waals surface area contributed by atoms with Gasteiger partial charge in [0.05, 0.1) is 6.04 Å². The third-order valence-corrected chi connectivity index (χ3v) is 17.5. The number of benzene rings is 3. The Morgan fingerprint density at radius 2 is 0.697 bits per heavy atom. The molecular weight excluding hydrogens is 1270 g/mol. The van der Waals surface area contributed by atoms with E-state index in [2.05, 4.69) is 72.5 Å². The van der Waals surface area contributed by atoms with Gasteiger partial charge < -0.3 is 103 Å². The zero-order valence-corrected chi connectivity index (χ0v) is 57.0. The van der Waals surface area contributed by atoms with Crippen LogP contribution in [0.25, 0.3) is 32.7 Å². The van der Waals surface area contributed by atoms with Crippen LogP contribution in [0, 0.1) is 17.8 Å². The number of guanidine groups is 3. The molecule has 31 heteroatoms. The highest BCUT2D eigenvalue weighted by Crippen LogP contribution is 2.24. The van der Waals surface area contributed by atoms with Gasteiger partial charge in [-0.3, -0.25) is 53.3 Å². The van der Waals surface area contributed by atoms with Crippen LogP contribution in [0.3, 0.4) is 0 Å². The lowest BCUT2D eigenvalue weighted by Crippen LogP contribution is -2.62. The highest BCUT2D eigenvalue weighted by Gasteiger charge is 2.38. The van der Waals surface area contributed by atoms with E-state index >= 15 is 19.2 Å². The number of aliphatic carboxylic acids is 1. The van der Waals surface area contributed by atoms with Gasteiger partial charge in [0.1, 0.15) is 48.3 Å². The molecule has 99 heavy (non-hydrogen) atoms. The first-order valence-corrected chi connectivity index (χ1v) is 33.4. The molecule has 11 atom stereocenters. The molecule has 536 valence electrons. The van der Waals surface area contributed by atoms with Crippen molar-refractivity contribution < 1.29 is 48.3 Å². The molecule has 8 amide bonds. The fourth-order valence-corrected chi connectivity index (χ4v) is 11.4. The van der Waals surface area contributed by atoms with Crippen LogP contribution in [0.4, 0.5) is 0 Å². The van der Waals surface area contributed by atoms with Crippen molar-refractivity contribution in [2.75, 3.05) is 19.6 Å². The summed E-state index contributed by atoms with van der Waals surface area (Å²) in [7, 11) is 0. The first-order chi connectivity index (χ1) is 47.2. The van der Waals surface area contributed by atoms with E-state index in [1.54, 1.807) is 52.4 Å². The highest BCUT2D eigenvalue weighted by atomic mass is 16.4. The molecule has 26 N–H and O–H groups in total. The Morgan fingerprint density at radius 3 is 1.03 bits per heavy atom. The maximum absolute atomic E-state index is 15.6. The molecule has 6 rings (SSSR count). The van der Waals surface area contributed by atoms with Gasteiger partial charge in [-0.15, -0.1) is 0 Å². The van der Waals surface area contributed by atoms with E-state index in [0.29, 0.717) is 57.8 Å². The SMILES string of the molecule is CC[C@H](C)[C@H](NC(=O)[C@H](Cc1c[nH]c2ccccc12)NC(=O)[C@H](Cc1c[nH]c2ccccc12)NC(=O)[C@H](Cc1c[nH]c2ccccc12)NC(=O)[C@H](CCCN=C(N)N)NC(=O)[C@H](CCCN=C(N)N)NC(=O)[C@@H](N)CCCN=C(N)N)C(=O)N[C@H](C(=O)N[C@H](C(=O)O)C(C)C)[C@@H](C)CC. The van der Waals surface area contributed by atoms with Crippen LogP contribution < -0.4 is 82.7 Å². The van der Waals surface area contributed by atoms with Gasteiger partial charge in [0, 0.05) is 90.2 Å². The molecule has 0 radical (unpaired) electrons. The summed E-state index contributed by atoms with van der Waals surface area (Å²) >= 11 is 0. The van der Waals surface area contributed by atoms with Crippen molar-refractivity contribution in [2.45, 2.75) is 167 Å². The number of carboxylic acids is 1. The summed E-state index contributed by atoms with van der Waals surface area (Å²) in [5.41, 5.74) is 43.6. The van der Waals surface area contributed by atoms with E-state index in [1.165, 1.54) is 0 Å². The molecule has 6 aromatic rings. The number of aromatic amines is 3. The van der Waals surface area contributed by atoms with Crippen LogP contribution in [0.1, 0.15) is 110 Å². The predicted molar refractivity (Wildman–Crippen MR) is 381 cm³/mol. The van der Waals surface area contributed by atoms with Crippen molar-refractivity contribution in [3.8, 4) is 0 Å². The normalized spacial score (nSPS) is 14.7. The second-order valence-electron chi connectivity index (χ2n) is 25.3. The molecule has 3 aromatic heterocycles. The smallest absolute Gasteiger partial charge is 0.326 e. The average Bonchev–Trinajstić information content (AvgIpc) is 1.73. The van der Waals surface area contributed by atoms with Gasteiger partial charge in [0.25, 0.3) is 0 Å². The van der Waals surface area contributed by atoms with Crippen molar-refractivity contribution in [2.24, 2.45) is 72.9 Å². The summed E-state index contributed by atoms with van der Waals surface area (Å²) in [6.07, 6.45) is 6.06. The summed E-state index contributed by atoms with van der Waals surface area (Å²) in [6, 6.07) is 9.91. The molecule has 0 aliphatic carbocycles. The number of carbonyl (C=O) groups is 9. The molecule has 0 saturated carbocycles. The second kappa shape index (κ2) is 37.7. The Kier molecular flexibility index (Phi) is 29.4. The lowest BCUT2D eigenvalue weighted by Gasteiger charge is -2.31. The van der Waals surface area contributed by atoms with Gasteiger partial charge in [-0.2, -0.15) is 0 Å². The van der Waals surface area contributed by atoms with E-state index in [1.807, 2.05) is 80.6 Å². The topological polar surface area (TPSA) is 537 Å². The van der Waals surface area contributed by atoms with Gasteiger partial charge in [-0.25, -0.2) is 4.79 Å². The number of fused-ring (bicyclic) bond motifs is 3. The van der Waals surface area contributed by atoms with Crippen LogP contribution >= 0.6 is 0 Å². The molecule has 31 nitrogen and oxygen atoms in total. The monoisotopic (exact) mass is 1370 g/mol. The fraction of sp³-hybridized carbons (Fsp3) is 0.471. The Balaban J connectivity index is 1.38. The quantitative estimate of drug-likeness (QED) is 0.0140. The number of rotatable bonds is 40. The van der Waals surface area contributed by atoms with Gasteiger partial charge >= 0.3 is 5.97 Å². The number of H-pyrrole nitrogens is 3. The van der Waals surface area contributed by atoms with Gasteiger partial charge in [-0.05, 0) is 91.2 Å². The average molecular weight is 1370 g/mol. The van der Waals surface area contributed by atoms with E-state index < -0.39 is 125 Å². The summed E-state index contributed by atoms with van der Waals surface area (Å²) in [5, 5.41) is 34.6. The number of aromatic nitrogens is 3. The molecule has 0 aliphatic rings. The van der Waals surface area contributed by atoms with Crippen LogP contribution in [-0.2, 0) is 62.4 Å². The van der Waals surface area contributed by atoms with Crippen LogP contribution in [-0.4, -0.2) is 165 Å². The summed E-state index contributed by atoms with van der Waals surface area (Å²) < 4.78 is 0. The molecule has 3 heterocycles. The summed E-state index contributed by atoms with van der Waals surface area (Å²) in [6.45, 7) is 10.7. The summed E-state index contributed by atoms with van der Waals surface area (Å²) in [5.74, 6) is -9.60. The number of nitrogens with one attached hydrogen (secondary N) is 11. The van der Waals surface area contributed by atoms with E-state index in [9.17, 15) is 29.1 Å². The molecule has 0 unspecified atom stereocenters. The molecule has 3 aromatic carbocycles. The summed E-state index contributed by atoms with van der Waals surface area (Å²) in [4.78, 5) is 152. The van der Waals surface area contributed by atoms with Crippen molar-refractivity contribution >= 4 is 104 Å².